The van der Waals surface area contributed by atoms with Crippen LogP contribution in [0.4, 0.5) is 5.82 Å². The van der Waals surface area contributed by atoms with Gasteiger partial charge in [-0.1, -0.05) is 24.3 Å². The zero-order valence-electron chi connectivity index (χ0n) is 16.0. The van der Waals surface area contributed by atoms with Crippen LogP contribution in [0.3, 0.4) is 0 Å². The molecule has 1 atom stereocenters. The molecule has 0 aliphatic carbocycles. The van der Waals surface area contributed by atoms with Gasteiger partial charge in [-0.25, -0.2) is 4.98 Å². The number of morpholine rings is 1. The number of methoxy groups -OCH3 is 1. The number of benzene rings is 1. The zero-order valence-corrected chi connectivity index (χ0v) is 16.0. The molecule has 1 aromatic carbocycles. The fourth-order valence-corrected chi connectivity index (χ4v) is 3.18. The van der Waals surface area contributed by atoms with Crippen LogP contribution in [0.5, 0.6) is 5.75 Å². The highest BCUT2D eigenvalue weighted by atomic mass is 16.5. The first-order chi connectivity index (χ1) is 13.2. The topological polar surface area (TPSA) is 63.7 Å². The molecule has 1 aliphatic heterocycles. The summed E-state index contributed by atoms with van der Waals surface area (Å²) in [6.45, 7) is 4.99. The molecule has 27 heavy (non-hydrogen) atoms. The number of hydrogen-bond donors (Lipinski definition) is 1. The summed E-state index contributed by atoms with van der Waals surface area (Å²) in [4.78, 5) is 18.9. The second kappa shape index (κ2) is 9.37. The summed E-state index contributed by atoms with van der Waals surface area (Å²) < 4.78 is 10.9. The molecule has 1 N–H and O–H groups in total. The fourth-order valence-electron chi connectivity index (χ4n) is 3.18. The standard InChI is InChI=1S/C21H27N3O3/c1-16-15-24(11-12-27-16)20-9-7-17(13-22-20)14-23-21(25)10-8-18-5-3-4-6-19(18)26-2/h3-7,9,13,16H,8,10-12,14-15H2,1-2H3,(H,23,25). The Hall–Kier alpha value is -2.60. The number of rotatable bonds is 7. The van der Waals surface area contributed by atoms with Crippen LogP contribution in [-0.4, -0.2) is 43.8 Å². The maximum atomic E-state index is 12.1. The number of anilines is 1. The number of amides is 1. The van der Waals surface area contributed by atoms with Gasteiger partial charge in [-0.2, -0.15) is 0 Å². The van der Waals surface area contributed by atoms with Crippen molar-refractivity contribution in [2.24, 2.45) is 0 Å². The van der Waals surface area contributed by atoms with Gasteiger partial charge >= 0.3 is 0 Å². The van der Waals surface area contributed by atoms with E-state index in [1.807, 2.05) is 42.6 Å². The van der Waals surface area contributed by atoms with Crippen LogP contribution in [0.2, 0.25) is 0 Å². The number of carbonyl (C=O) groups is 1. The normalized spacial score (nSPS) is 16.8. The summed E-state index contributed by atoms with van der Waals surface area (Å²) >= 11 is 0. The predicted octanol–water partition coefficient (Wildman–Crippen LogP) is 2.56. The molecule has 0 saturated carbocycles. The number of nitrogens with zero attached hydrogens (tertiary/aromatic N) is 2. The highest BCUT2D eigenvalue weighted by Crippen LogP contribution is 2.19. The highest BCUT2D eigenvalue weighted by Gasteiger charge is 2.17. The lowest BCUT2D eigenvalue weighted by Crippen LogP contribution is -2.41. The van der Waals surface area contributed by atoms with Gasteiger partial charge < -0.3 is 19.7 Å². The van der Waals surface area contributed by atoms with E-state index in [0.717, 1.165) is 42.4 Å². The van der Waals surface area contributed by atoms with Crippen LogP contribution in [-0.2, 0) is 22.5 Å². The average Bonchev–Trinajstić information content (AvgIpc) is 2.71. The number of para-hydroxylation sites is 1. The molecular weight excluding hydrogens is 342 g/mol. The summed E-state index contributed by atoms with van der Waals surface area (Å²) in [6.07, 6.45) is 3.14. The van der Waals surface area contributed by atoms with E-state index in [1.54, 1.807) is 7.11 Å². The minimum absolute atomic E-state index is 0.0204. The SMILES string of the molecule is COc1ccccc1CCC(=O)NCc1ccc(N2CCOC(C)C2)nc1. The smallest absolute Gasteiger partial charge is 0.220 e. The number of aryl methyl sites for hydroxylation is 1. The molecule has 3 rings (SSSR count). The first-order valence-corrected chi connectivity index (χ1v) is 9.36. The first kappa shape index (κ1) is 19.2. The van der Waals surface area contributed by atoms with Gasteiger partial charge in [-0.15, -0.1) is 0 Å². The van der Waals surface area contributed by atoms with E-state index >= 15 is 0 Å². The second-order valence-corrected chi connectivity index (χ2v) is 6.74. The number of carbonyl (C=O) groups excluding carboxylic acids is 1. The van der Waals surface area contributed by atoms with Crippen molar-refractivity contribution in [3.05, 3.63) is 53.7 Å². The third-order valence-electron chi connectivity index (χ3n) is 4.68. The average molecular weight is 369 g/mol. The third kappa shape index (κ3) is 5.44. The van der Waals surface area contributed by atoms with Crippen LogP contribution in [0.15, 0.2) is 42.6 Å². The Morgan fingerprint density at radius 3 is 2.93 bits per heavy atom. The van der Waals surface area contributed by atoms with Gasteiger partial charge in [0, 0.05) is 32.3 Å². The molecule has 6 heteroatoms. The van der Waals surface area contributed by atoms with Gasteiger partial charge in [0.05, 0.1) is 19.8 Å². The van der Waals surface area contributed by atoms with Gasteiger partial charge in [-0.3, -0.25) is 4.79 Å². The summed E-state index contributed by atoms with van der Waals surface area (Å²) in [5.74, 6) is 1.80. The molecule has 2 aromatic rings. The van der Waals surface area contributed by atoms with Crippen LogP contribution in [0.25, 0.3) is 0 Å². The second-order valence-electron chi connectivity index (χ2n) is 6.74. The number of pyridine rings is 1. The number of aromatic nitrogens is 1. The summed E-state index contributed by atoms with van der Waals surface area (Å²) in [5.41, 5.74) is 2.03. The van der Waals surface area contributed by atoms with Gasteiger partial charge in [0.2, 0.25) is 5.91 Å². The molecule has 1 unspecified atom stereocenters. The van der Waals surface area contributed by atoms with Crippen molar-refractivity contribution in [2.45, 2.75) is 32.4 Å². The molecular formula is C21H27N3O3. The molecule has 1 amide bonds. The minimum Gasteiger partial charge on any atom is -0.496 e. The molecule has 0 bridgehead atoms. The quantitative estimate of drug-likeness (QED) is 0.813. The summed E-state index contributed by atoms with van der Waals surface area (Å²) in [7, 11) is 1.65. The Kier molecular flexibility index (Phi) is 6.65. The van der Waals surface area contributed by atoms with E-state index in [-0.39, 0.29) is 12.0 Å². The van der Waals surface area contributed by atoms with Crippen LogP contribution in [0.1, 0.15) is 24.5 Å². The highest BCUT2D eigenvalue weighted by molar-refractivity contribution is 5.76. The van der Waals surface area contributed by atoms with Crippen molar-refractivity contribution in [3.63, 3.8) is 0 Å². The molecule has 1 fully saturated rings. The molecule has 0 spiro atoms. The Labute approximate surface area is 160 Å². The van der Waals surface area contributed by atoms with E-state index in [2.05, 4.69) is 22.1 Å². The molecule has 6 nitrogen and oxygen atoms in total. The lowest BCUT2D eigenvalue weighted by Gasteiger charge is -2.32. The Morgan fingerprint density at radius 1 is 1.33 bits per heavy atom. The van der Waals surface area contributed by atoms with Gasteiger partial charge in [0.1, 0.15) is 11.6 Å². The van der Waals surface area contributed by atoms with Crippen molar-refractivity contribution < 1.29 is 14.3 Å². The molecule has 0 radical (unpaired) electrons. The Morgan fingerprint density at radius 2 is 2.19 bits per heavy atom. The van der Waals surface area contributed by atoms with Gasteiger partial charge in [0.15, 0.2) is 0 Å². The predicted molar refractivity (Wildman–Crippen MR) is 105 cm³/mol. The summed E-state index contributed by atoms with van der Waals surface area (Å²) in [5, 5.41) is 2.96. The monoisotopic (exact) mass is 369 g/mol. The van der Waals surface area contributed by atoms with E-state index < -0.39 is 0 Å². The molecule has 144 valence electrons. The largest absolute Gasteiger partial charge is 0.496 e. The van der Waals surface area contributed by atoms with Crippen molar-refractivity contribution in [3.8, 4) is 5.75 Å². The van der Waals surface area contributed by atoms with Crippen molar-refractivity contribution in [1.29, 1.82) is 0 Å². The maximum absolute atomic E-state index is 12.1. The van der Waals surface area contributed by atoms with E-state index in [9.17, 15) is 4.79 Å². The van der Waals surface area contributed by atoms with Crippen LogP contribution in [0, 0.1) is 0 Å². The van der Waals surface area contributed by atoms with E-state index in [1.165, 1.54) is 0 Å². The number of hydrogen-bond acceptors (Lipinski definition) is 5. The molecule has 2 heterocycles. The number of nitrogens with one attached hydrogen (secondary N) is 1. The lowest BCUT2D eigenvalue weighted by atomic mass is 10.1. The van der Waals surface area contributed by atoms with Gasteiger partial charge in [0.25, 0.3) is 0 Å². The molecule has 1 aliphatic rings. The van der Waals surface area contributed by atoms with Gasteiger partial charge in [-0.05, 0) is 36.6 Å². The Bertz CT molecular complexity index is 749. The number of ether oxygens (including phenoxy) is 2. The van der Waals surface area contributed by atoms with Crippen molar-refractivity contribution in [1.82, 2.24) is 10.3 Å². The lowest BCUT2D eigenvalue weighted by molar-refractivity contribution is -0.121. The third-order valence-corrected chi connectivity index (χ3v) is 4.68. The summed E-state index contributed by atoms with van der Waals surface area (Å²) in [6, 6.07) is 11.8. The van der Waals surface area contributed by atoms with Crippen LogP contribution >= 0.6 is 0 Å². The first-order valence-electron chi connectivity index (χ1n) is 9.36. The Balaban J connectivity index is 1.46. The van der Waals surface area contributed by atoms with Crippen LogP contribution < -0.4 is 15.0 Å². The molecule has 1 aromatic heterocycles. The zero-order chi connectivity index (χ0) is 19.1. The molecule has 1 saturated heterocycles. The van der Waals surface area contributed by atoms with E-state index in [4.69, 9.17) is 9.47 Å². The van der Waals surface area contributed by atoms with Crippen molar-refractivity contribution in [2.75, 3.05) is 31.7 Å². The van der Waals surface area contributed by atoms with E-state index in [0.29, 0.717) is 19.4 Å². The van der Waals surface area contributed by atoms with Crippen molar-refractivity contribution >= 4 is 11.7 Å². The maximum Gasteiger partial charge on any atom is 0.220 e. The minimum atomic E-state index is 0.0204. The fraction of sp³-hybridized carbons (Fsp3) is 0.429.